The molecule has 5 aromatic rings. The molecule has 7 nitrogen and oxygen atoms in total. The lowest BCUT2D eigenvalue weighted by Crippen LogP contribution is -2.28. The maximum atomic E-state index is 14.1. The number of benzene rings is 3. The monoisotopic (exact) mass is 520 g/mol. The molecular weight excluding hydrogens is 492 g/mol. The number of hydrogen-bond acceptors (Lipinski definition) is 5. The molecule has 0 aliphatic heterocycles. The Morgan fingerprint density at radius 2 is 1.64 bits per heavy atom. The summed E-state index contributed by atoms with van der Waals surface area (Å²) in [6.07, 6.45) is 2.48. The second-order valence-electron chi connectivity index (χ2n) is 9.03. The number of carbonyl (C=O) groups is 2. The third-order valence-electron chi connectivity index (χ3n) is 6.71. The molecule has 0 aliphatic carbocycles. The predicted octanol–water partition coefficient (Wildman–Crippen LogP) is 5.66. The summed E-state index contributed by atoms with van der Waals surface area (Å²) in [6, 6.07) is 25.0. The molecule has 3 aromatic carbocycles. The predicted molar refractivity (Wildman–Crippen MR) is 151 cm³/mol. The van der Waals surface area contributed by atoms with Gasteiger partial charge in [-0.15, -0.1) is 0 Å². The number of carbonyl (C=O) groups excluding carboxylic acids is 2. The largest absolute Gasteiger partial charge is 0.497 e. The minimum atomic E-state index is -0.715. The third-order valence-corrected chi connectivity index (χ3v) is 6.71. The van der Waals surface area contributed by atoms with Crippen molar-refractivity contribution < 1.29 is 19.1 Å². The number of aromatic amines is 1. The van der Waals surface area contributed by atoms with Crippen LogP contribution in [0.15, 0.2) is 95.9 Å². The van der Waals surface area contributed by atoms with Crippen molar-refractivity contribution in [2.75, 3.05) is 13.7 Å². The standard InChI is InChI=1S/C32H28N2O5/c1-3-39-32(37)26-19-28(35)34(18-17-23-20-33-27-12-8-7-11-25(23)27)30(21-9-5-4-6-10-21)29(26)31(36)22-13-15-24(38-2)16-14-22/h4-16,19-20,33H,3,17-18H2,1-2H3. The molecule has 0 amide bonds. The molecule has 0 bridgehead atoms. The first-order chi connectivity index (χ1) is 19.0. The number of rotatable bonds is 9. The van der Waals surface area contributed by atoms with E-state index < -0.39 is 5.97 Å². The van der Waals surface area contributed by atoms with Gasteiger partial charge in [-0.2, -0.15) is 0 Å². The summed E-state index contributed by atoms with van der Waals surface area (Å²) in [6.45, 7) is 2.10. The Hall–Kier alpha value is -4.91. The van der Waals surface area contributed by atoms with Gasteiger partial charge in [0.2, 0.25) is 0 Å². The number of esters is 1. The second kappa shape index (κ2) is 11.2. The van der Waals surface area contributed by atoms with Gasteiger partial charge < -0.3 is 19.0 Å². The Morgan fingerprint density at radius 1 is 0.923 bits per heavy atom. The van der Waals surface area contributed by atoms with Gasteiger partial charge in [-0.25, -0.2) is 4.79 Å². The first kappa shape index (κ1) is 25.7. The molecule has 2 aromatic heterocycles. The topological polar surface area (TPSA) is 90.4 Å². The van der Waals surface area contributed by atoms with Gasteiger partial charge in [-0.05, 0) is 54.8 Å². The number of methoxy groups -OCH3 is 1. The van der Waals surface area contributed by atoms with Crippen LogP contribution in [0.1, 0.15) is 38.8 Å². The molecule has 0 spiro atoms. The smallest absolute Gasteiger partial charge is 0.339 e. The summed E-state index contributed by atoms with van der Waals surface area (Å²) in [4.78, 5) is 44.0. The lowest BCUT2D eigenvalue weighted by molar-refractivity contribution is 0.0523. The van der Waals surface area contributed by atoms with Crippen LogP contribution in [-0.4, -0.2) is 35.0 Å². The quantitative estimate of drug-likeness (QED) is 0.200. The molecule has 1 N–H and O–H groups in total. The lowest BCUT2D eigenvalue weighted by Gasteiger charge is -2.20. The van der Waals surface area contributed by atoms with Crippen LogP contribution in [0.4, 0.5) is 0 Å². The minimum absolute atomic E-state index is 0.0511. The summed E-state index contributed by atoms with van der Waals surface area (Å²) in [5, 5.41) is 1.07. The van der Waals surface area contributed by atoms with Crippen LogP contribution >= 0.6 is 0 Å². The summed E-state index contributed by atoms with van der Waals surface area (Å²) < 4.78 is 12.1. The third kappa shape index (κ3) is 5.11. The molecule has 0 unspecified atom stereocenters. The van der Waals surface area contributed by atoms with Gasteiger partial charge in [0.15, 0.2) is 5.78 Å². The Labute approximate surface area is 225 Å². The number of ether oxygens (including phenoxy) is 2. The highest BCUT2D eigenvalue weighted by Gasteiger charge is 2.28. The number of fused-ring (bicyclic) bond motifs is 1. The Morgan fingerprint density at radius 3 is 2.36 bits per heavy atom. The first-order valence-electron chi connectivity index (χ1n) is 12.8. The number of pyridine rings is 1. The maximum Gasteiger partial charge on any atom is 0.339 e. The van der Waals surface area contributed by atoms with Crippen LogP contribution in [0.25, 0.3) is 22.2 Å². The molecule has 5 rings (SSSR count). The Bertz CT molecular complexity index is 1700. The molecule has 0 atom stereocenters. The number of para-hydroxylation sites is 1. The van der Waals surface area contributed by atoms with Crippen molar-refractivity contribution in [3.63, 3.8) is 0 Å². The lowest BCUT2D eigenvalue weighted by atomic mass is 9.93. The van der Waals surface area contributed by atoms with Gasteiger partial charge in [-0.3, -0.25) is 9.59 Å². The van der Waals surface area contributed by atoms with Crippen molar-refractivity contribution in [2.24, 2.45) is 0 Å². The number of H-pyrrole nitrogens is 1. The number of ketones is 1. The first-order valence-corrected chi connectivity index (χ1v) is 12.8. The van der Waals surface area contributed by atoms with E-state index in [-0.39, 0.29) is 29.1 Å². The maximum absolute atomic E-state index is 14.1. The van der Waals surface area contributed by atoms with Gasteiger partial charge in [0.25, 0.3) is 5.56 Å². The highest BCUT2D eigenvalue weighted by Crippen LogP contribution is 2.29. The second-order valence-corrected chi connectivity index (χ2v) is 9.03. The number of aryl methyl sites for hydroxylation is 1. The van der Waals surface area contributed by atoms with Crippen molar-refractivity contribution in [1.82, 2.24) is 9.55 Å². The summed E-state index contributed by atoms with van der Waals surface area (Å²) in [5.41, 5.74) is 3.14. The van der Waals surface area contributed by atoms with Crippen molar-refractivity contribution in [3.05, 3.63) is 124 Å². The number of nitrogens with zero attached hydrogens (tertiary/aromatic N) is 1. The average molecular weight is 521 g/mol. The molecular formula is C32H28N2O5. The van der Waals surface area contributed by atoms with Gasteiger partial charge in [0.05, 0.1) is 30.5 Å². The fourth-order valence-corrected chi connectivity index (χ4v) is 4.82. The van der Waals surface area contributed by atoms with Crippen LogP contribution in [0.5, 0.6) is 5.75 Å². The van der Waals surface area contributed by atoms with Gasteiger partial charge >= 0.3 is 5.97 Å². The van der Waals surface area contributed by atoms with E-state index in [1.807, 2.05) is 60.8 Å². The molecule has 0 saturated carbocycles. The van der Waals surface area contributed by atoms with Crippen molar-refractivity contribution >= 4 is 22.7 Å². The number of nitrogens with one attached hydrogen (secondary N) is 1. The van der Waals surface area contributed by atoms with E-state index in [0.29, 0.717) is 35.5 Å². The molecule has 196 valence electrons. The van der Waals surface area contributed by atoms with Gasteiger partial charge in [0.1, 0.15) is 5.75 Å². The van der Waals surface area contributed by atoms with Crippen LogP contribution in [0.2, 0.25) is 0 Å². The van der Waals surface area contributed by atoms with Gasteiger partial charge in [-0.1, -0.05) is 48.5 Å². The number of hydrogen-bond donors (Lipinski definition) is 1. The van der Waals surface area contributed by atoms with Gasteiger partial charge in [0, 0.05) is 35.3 Å². The molecule has 0 radical (unpaired) electrons. The van der Waals surface area contributed by atoms with Crippen LogP contribution in [-0.2, 0) is 17.7 Å². The Balaban J connectivity index is 1.71. The zero-order valence-electron chi connectivity index (χ0n) is 21.8. The zero-order chi connectivity index (χ0) is 27.4. The van der Waals surface area contributed by atoms with Crippen molar-refractivity contribution in [1.29, 1.82) is 0 Å². The molecule has 0 aliphatic rings. The minimum Gasteiger partial charge on any atom is -0.497 e. The normalized spacial score (nSPS) is 10.9. The zero-order valence-corrected chi connectivity index (χ0v) is 21.8. The number of aromatic nitrogens is 2. The van der Waals surface area contributed by atoms with Crippen LogP contribution in [0.3, 0.4) is 0 Å². The van der Waals surface area contributed by atoms with Crippen molar-refractivity contribution in [2.45, 2.75) is 19.9 Å². The average Bonchev–Trinajstić information content (AvgIpc) is 3.39. The fraction of sp³-hybridized carbons (Fsp3) is 0.156. The van der Waals surface area contributed by atoms with E-state index in [9.17, 15) is 14.4 Å². The summed E-state index contributed by atoms with van der Waals surface area (Å²) in [5.74, 6) is -0.503. The summed E-state index contributed by atoms with van der Waals surface area (Å²) >= 11 is 0. The molecule has 0 fully saturated rings. The van der Waals surface area contributed by atoms with E-state index in [4.69, 9.17) is 9.47 Å². The van der Waals surface area contributed by atoms with E-state index in [1.165, 1.54) is 6.07 Å². The Kier molecular flexibility index (Phi) is 7.41. The fourth-order valence-electron chi connectivity index (χ4n) is 4.82. The molecule has 0 saturated heterocycles. The molecule has 2 heterocycles. The van der Waals surface area contributed by atoms with E-state index in [1.54, 1.807) is 42.9 Å². The van der Waals surface area contributed by atoms with E-state index in [0.717, 1.165) is 16.5 Å². The molecule has 39 heavy (non-hydrogen) atoms. The van der Waals surface area contributed by atoms with Crippen molar-refractivity contribution in [3.8, 4) is 17.0 Å². The van der Waals surface area contributed by atoms with Crippen LogP contribution in [0, 0.1) is 0 Å². The van der Waals surface area contributed by atoms with E-state index in [2.05, 4.69) is 4.98 Å². The highest BCUT2D eigenvalue weighted by molar-refractivity contribution is 6.17. The molecule has 7 heteroatoms. The highest BCUT2D eigenvalue weighted by atomic mass is 16.5. The SMILES string of the molecule is CCOC(=O)c1cc(=O)n(CCc2c[nH]c3ccccc23)c(-c2ccccc2)c1C(=O)c1ccc(OC)cc1. The van der Waals surface area contributed by atoms with Crippen LogP contribution < -0.4 is 10.3 Å². The summed E-state index contributed by atoms with van der Waals surface area (Å²) in [7, 11) is 1.55. The van der Waals surface area contributed by atoms with E-state index >= 15 is 0 Å².